The van der Waals surface area contributed by atoms with E-state index in [0.717, 1.165) is 11.1 Å². The first kappa shape index (κ1) is 28.5. The van der Waals surface area contributed by atoms with Gasteiger partial charge in [0, 0.05) is 29.8 Å². The molecule has 3 saturated carbocycles. The smallest absolute Gasteiger partial charge is 0.192 e. The van der Waals surface area contributed by atoms with Gasteiger partial charge in [0.15, 0.2) is 17.2 Å². The van der Waals surface area contributed by atoms with Gasteiger partial charge >= 0.3 is 0 Å². The molecule has 4 fully saturated rings. The van der Waals surface area contributed by atoms with Crippen molar-refractivity contribution >= 4 is 36.8 Å². The van der Waals surface area contributed by atoms with Gasteiger partial charge in [-0.25, -0.2) is 4.39 Å². The molecular weight excluding hydrogens is 624 g/mol. The van der Waals surface area contributed by atoms with Crippen molar-refractivity contribution in [3.63, 3.8) is 0 Å². The minimum Gasteiger partial charge on any atom is -0.392 e. The molecule has 0 bridgehead atoms. The minimum absolute atomic E-state index is 0.171. The summed E-state index contributed by atoms with van der Waals surface area (Å²) in [5.74, 6) is -1.10. The second-order valence-electron chi connectivity index (χ2n) is 13.3. The van der Waals surface area contributed by atoms with Gasteiger partial charge in [-0.1, -0.05) is 61.2 Å². The molecule has 1 aromatic carbocycles. The normalized spacial score (nSPS) is 45.9. The Balaban J connectivity index is 1.46. The van der Waals surface area contributed by atoms with Crippen LogP contribution in [0.4, 0.5) is 4.39 Å². The van der Waals surface area contributed by atoms with Crippen LogP contribution in [0.3, 0.4) is 0 Å². The van der Waals surface area contributed by atoms with Crippen LogP contribution in [-0.2, 0) is 21.0 Å². The number of ketones is 2. The summed E-state index contributed by atoms with van der Waals surface area (Å²) < 4.78 is 19.9. The Bertz CT molecular complexity index is 1350. The van der Waals surface area contributed by atoms with E-state index in [1.165, 1.54) is 12.2 Å². The van der Waals surface area contributed by atoms with Crippen LogP contribution in [-0.4, -0.2) is 65.8 Å². The Hall–Kier alpha value is -1.59. The predicted octanol–water partition coefficient (Wildman–Crippen LogP) is 4.41. The molecule has 8 heteroatoms. The second kappa shape index (κ2) is 9.20. The lowest BCUT2D eigenvalue weighted by molar-refractivity contribution is -0.265. The lowest BCUT2D eigenvalue weighted by atomic mass is 9.41. The van der Waals surface area contributed by atoms with Crippen molar-refractivity contribution < 1.29 is 29.0 Å². The maximum atomic E-state index is 16.1. The largest absolute Gasteiger partial charge is 0.392 e. The first-order valence-electron chi connectivity index (χ1n) is 14.1. The van der Waals surface area contributed by atoms with Gasteiger partial charge in [-0.05, 0) is 60.8 Å². The van der Waals surface area contributed by atoms with Crippen LogP contribution in [0.5, 0.6) is 0 Å². The van der Waals surface area contributed by atoms with Crippen molar-refractivity contribution in [1.82, 2.24) is 5.06 Å². The third-order valence-electron chi connectivity index (χ3n) is 11.7. The number of carbonyl (C=O) groups excluding carboxylic acids is 2. The lowest BCUT2D eigenvalue weighted by Gasteiger charge is -2.69. The van der Waals surface area contributed by atoms with Gasteiger partial charge in [-0.2, -0.15) is 5.06 Å². The van der Waals surface area contributed by atoms with Gasteiger partial charge in [-0.3, -0.25) is 14.4 Å². The standard InChI is InChI=1S/C32H39FINO5/c1-19-6-8-20(9-7-19)16-35-17-21-14-29(3)25-13-24(33)23-12-22(37)10-11-28(23,2)31(25,34-5)26(38)15-30(29,4)32(21,40-35)27(39)18-36/h6-12,21,24-26,36,38H,5,13-18H2,1-4H3/t21-,24-,25-,26-,28-,29-,30-,31-,32-/m0/s1. The molecule has 1 aliphatic heterocycles. The van der Waals surface area contributed by atoms with Crippen molar-refractivity contribution in [3.05, 3.63) is 59.2 Å². The fraction of sp³-hybridized carbons (Fsp3) is 0.594. The van der Waals surface area contributed by atoms with E-state index in [4.69, 9.17) is 4.84 Å². The summed E-state index contributed by atoms with van der Waals surface area (Å²) in [7, 11) is 0. The van der Waals surface area contributed by atoms with E-state index in [1.807, 2.05) is 56.2 Å². The molecule has 5 aliphatic rings. The molecule has 1 aromatic rings. The van der Waals surface area contributed by atoms with Crippen LogP contribution in [0.1, 0.15) is 51.2 Å². The number of aliphatic hydroxyl groups excluding tert-OH is 2. The number of fused-ring (bicyclic) bond motifs is 7. The van der Waals surface area contributed by atoms with Gasteiger partial charge < -0.3 is 10.2 Å². The van der Waals surface area contributed by atoms with Crippen LogP contribution < -0.4 is 0 Å². The molecule has 9 atom stereocenters. The molecular formula is C32H39FINO5. The van der Waals surface area contributed by atoms with Crippen LogP contribution in [0.25, 0.3) is 0 Å². The molecule has 0 radical (unpaired) electrons. The monoisotopic (exact) mass is 663 g/mol. The highest BCUT2D eigenvalue weighted by molar-refractivity contribution is 14.2. The summed E-state index contributed by atoms with van der Waals surface area (Å²) >= 11 is -0.899. The highest BCUT2D eigenvalue weighted by Crippen LogP contribution is 2.79. The quantitative estimate of drug-likeness (QED) is 0.359. The van der Waals surface area contributed by atoms with Crippen molar-refractivity contribution in [2.24, 2.45) is 28.1 Å². The molecule has 6 rings (SSSR count). The summed E-state index contributed by atoms with van der Waals surface area (Å²) in [5.41, 5.74) is -0.915. The summed E-state index contributed by atoms with van der Waals surface area (Å²) in [6.45, 7) is 8.52. The summed E-state index contributed by atoms with van der Waals surface area (Å²) in [4.78, 5) is 32.9. The first-order valence-corrected chi connectivity index (χ1v) is 16.7. The highest BCUT2D eigenvalue weighted by atomic mass is 127. The number of Topliss-reactive ketones (excluding diaryl/α,β-unsaturated/α-hetero) is 1. The zero-order valence-electron chi connectivity index (χ0n) is 23.6. The summed E-state index contributed by atoms with van der Waals surface area (Å²) in [6, 6.07) is 8.19. The van der Waals surface area contributed by atoms with Crippen molar-refractivity contribution in [3.8, 4) is 0 Å². The van der Waals surface area contributed by atoms with E-state index in [9.17, 15) is 19.8 Å². The topological polar surface area (TPSA) is 87.1 Å². The number of hydroxylamine groups is 2. The van der Waals surface area contributed by atoms with Crippen LogP contribution >= 0.6 is 20.7 Å². The summed E-state index contributed by atoms with van der Waals surface area (Å²) in [5, 5.41) is 24.3. The molecule has 0 amide bonds. The summed E-state index contributed by atoms with van der Waals surface area (Å²) in [6.07, 6.45) is 3.60. The molecule has 1 saturated heterocycles. The van der Waals surface area contributed by atoms with Crippen molar-refractivity contribution in [2.45, 2.75) is 74.8 Å². The average molecular weight is 664 g/mol. The number of halogens is 2. The van der Waals surface area contributed by atoms with E-state index >= 15 is 4.39 Å². The predicted molar refractivity (Wildman–Crippen MR) is 160 cm³/mol. The Morgan fingerprint density at radius 2 is 1.93 bits per heavy atom. The van der Waals surface area contributed by atoms with Crippen molar-refractivity contribution in [2.75, 3.05) is 13.2 Å². The van der Waals surface area contributed by atoms with Gasteiger partial charge in [0.05, 0.1) is 9.53 Å². The average Bonchev–Trinajstić information content (AvgIpc) is 3.36. The molecule has 4 aliphatic carbocycles. The zero-order valence-corrected chi connectivity index (χ0v) is 25.8. The van der Waals surface area contributed by atoms with E-state index < -0.39 is 64.9 Å². The molecule has 0 unspecified atom stereocenters. The lowest BCUT2D eigenvalue weighted by Crippen LogP contribution is -2.73. The fourth-order valence-corrected chi connectivity index (χ4v) is 13.2. The number of alkyl halides is 2. The number of nitrogens with zero attached hydrogens (tertiary/aromatic N) is 1. The number of aliphatic hydroxyl groups is 2. The second-order valence-corrected chi connectivity index (χ2v) is 15.8. The number of aryl methyl sites for hydroxylation is 1. The molecule has 1 heterocycles. The first-order chi connectivity index (χ1) is 18.8. The minimum atomic E-state index is -1.33. The van der Waals surface area contributed by atoms with Gasteiger partial charge in [0.25, 0.3) is 0 Å². The molecule has 6 nitrogen and oxygen atoms in total. The maximum absolute atomic E-state index is 16.1. The Morgan fingerprint density at radius 3 is 2.58 bits per heavy atom. The molecule has 0 spiro atoms. The third-order valence-corrected chi connectivity index (χ3v) is 15.6. The van der Waals surface area contributed by atoms with Gasteiger partial charge in [-0.15, -0.1) is 20.7 Å². The van der Waals surface area contributed by atoms with Gasteiger partial charge in [0.2, 0.25) is 0 Å². The zero-order chi connectivity index (χ0) is 28.9. The van der Waals surface area contributed by atoms with E-state index in [1.54, 1.807) is 0 Å². The van der Waals surface area contributed by atoms with Crippen molar-refractivity contribution in [1.29, 1.82) is 0 Å². The fourth-order valence-electron chi connectivity index (χ4n) is 9.71. The van der Waals surface area contributed by atoms with E-state index in [0.29, 0.717) is 25.1 Å². The number of carbonyl (C=O) groups is 2. The van der Waals surface area contributed by atoms with E-state index in [2.05, 4.69) is 11.4 Å². The molecule has 2 N–H and O–H groups in total. The number of benzene rings is 1. The van der Waals surface area contributed by atoms with E-state index in [-0.39, 0.29) is 36.2 Å². The third kappa shape index (κ3) is 3.31. The molecule has 40 heavy (non-hydrogen) atoms. The van der Waals surface area contributed by atoms with Crippen LogP contribution in [0.2, 0.25) is 0 Å². The maximum Gasteiger partial charge on any atom is 0.192 e. The Labute approximate surface area is 245 Å². The SMILES string of the molecule is C=I[C@]12[C@@H](C[C@H](F)C3=CC(=O)C=C[C@@]31C)[C@]1(C)C[C@H]3CN(Cc4ccc(C)cc4)O[C@@]3(C(=O)CO)[C@@]1(C)C[C@@H]2O. The number of rotatable bonds is 5. The number of allylic oxidation sites excluding steroid dienone is 4. The number of hydrogen-bond donors (Lipinski definition) is 2. The van der Waals surface area contributed by atoms with Crippen LogP contribution in [0, 0.1) is 35.0 Å². The number of hydrogen-bond acceptors (Lipinski definition) is 6. The van der Waals surface area contributed by atoms with Gasteiger partial charge in [0.1, 0.15) is 12.8 Å². The Kier molecular flexibility index (Phi) is 6.56. The highest BCUT2D eigenvalue weighted by Gasteiger charge is 2.82. The van der Waals surface area contributed by atoms with Crippen LogP contribution in [0.15, 0.2) is 48.1 Å². The molecule has 0 aromatic heterocycles. The Morgan fingerprint density at radius 1 is 1.23 bits per heavy atom. The molecule has 216 valence electrons.